The molecule has 0 saturated carbocycles. The van der Waals surface area contributed by atoms with Crippen molar-refractivity contribution in [1.29, 1.82) is 0 Å². The van der Waals surface area contributed by atoms with Crippen molar-refractivity contribution in [2.75, 3.05) is 26.2 Å². The first-order valence-electron chi connectivity index (χ1n) is 10.1. The summed E-state index contributed by atoms with van der Waals surface area (Å²) in [5.41, 5.74) is 4.26. The van der Waals surface area contributed by atoms with Gasteiger partial charge in [-0.2, -0.15) is 5.10 Å². The van der Waals surface area contributed by atoms with E-state index >= 15 is 0 Å². The SMILES string of the molecule is O=C(COc1ccccc1-c1cc[nH]n1)NCC(O)CN1CCc2ccccc2C1. The van der Waals surface area contributed by atoms with Crippen LogP contribution in [0.4, 0.5) is 0 Å². The first-order chi connectivity index (χ1) is 14.7. The van der Waals surface area contributed by atoms with Gasteiger partial charge in [-0.15, -0.1) is 0 Å². The van der Waals surface area contributed by atoms with Crippen LogP contribution in [0.5, 0.6) is 5.75 Å². The van der Waals surface area contributed by atoms with Crippen molar-refractivity contribution in [3.8, 4) is 17.0 Å². The van der Waals surface area contributed by atoms with Crippen molar-refractivity contribution in [3.05, 3.63) is 71.9 Å². The highest BCUT2D eigenvalue weighted by Gasteiger charge is 2.19. The molecule has 0 saturated heterocycles. The monoisotopic (exact) mass is 406 g/mol. The molecule has 2 aromatic carbocycles. The molecule has 4 rings (SSSR count). The van der Waals surface area contributed by atoms with Gasteiger partial charge in [0.05, 0.1) is 11.8 Å². The number of carbonyl (C=O) groups is 1. The number of amides is 1. The average Bonchev–Trinajstić information content (AvgIpc) is 3.31. The number of carbonyl (C=O) groups excluding carboxylic acids is 1. The number of aromatic amines is 1. The standard InChI is InChI=1S/C23H26N4O3/c28-19(15-27-12-10-17-5-1-2-6-18(17)14-27)13-24-23(29)16-30-22-8-4-3-7-20(22)21-9-11-25-26-21/h1-9,11,19,28H,10,12-16H2,(H,24,29)(H,25,26). The number of benzene rings is 2. The molecule has 3 N–H and O–H groups in total. The van der Waals surface area contributed by atoms with Crippen LogP contribution in [0, 0.1) is 0 Å². The molecule has 1 atom stereocenters. The average molecular weight is 406 g/mol. The lowest BCUT2D eigenvalue weighted by Gasteiger charge is -2.30. The predicted octanol–water partition coefficient (Wildman–Crippen LogP) is 1.99. The second kappa shape index (κ2) is 9.56. The number of aromatic nitrogens is 2. The van der Waals surface area contributed by atoms with E-state index in [4.69, 9.17) is 4.74 Å². The third-order valence-corrected chi connectivity index (χ3v) is 5.24. The number of rotatable bonds is 8. The number of aliphatic hydroxyl groups is 1. The lowest BCUT2D eigenvalue weighted by molar-refractivity contribution is -0.123. The van der Waals surface area contributed by atoms with Crippen molar-refractivity contribution >= 4 is 5.91 Å². The smallest absolute Gasteiger partial charge is 0.258 e. The van der Waals surface area contributed by atoms with Gasteiger partial charge in [0.25, 0.3) is 5.91 Å². The maximum atomic E-state index is 12.2. The first kappa shape index (κ1) is 20.1. The van der Waals surface area contributed by atoms with Crippen LogP contribution < -0.4 is 10.1 Å². The summed E-state index contributed by atoms with van der Waals surface area (Å²) >= 11 is 0. The molecule has 0 fully saturated rings. The Bertz CT molecular complexity index is 974. The van der Waals surface area contributed by atoms with Gasteiger partial charge in [0.15, 0.2) is 6.61 Å². The van der Waals surface area contributed by atoms with E-state index in [0.29, 0.717) is 12.3 Å². The normalized spacial score (nSPS) is 14.7. The Hall–Kier alpha value is -3.16. The topological polar surface area (TPSA) is 90.5 Å². The highest BCUT2D eigenvalue weighted by atomic mass is 16.5. The van der Waals surface area contributed by atoms with Crippen LogP contribution in [0.25, 0.3) is 11.3 Å². The maximum Gasteiger partial charge on any atom is 0.258 e. The molecule has 0 radical (unpaired) electrons. The number of aliphatic hydroxyl groups excluding tert-OH is 1. The second-order valence-corrected chi connectivity index (χ2v) is 7.46. The van der Waals surface area contributed by atoms with Crippen molar-refractivity contribution in [1.82, 2.24) is 20.4 Å². The van der Waals surface area contributed by atoms with Gasteiger partial charge in [-0.25, -0.2) is 0 Å². The number of nitrogens with one attached hydrogen (secondary N) is 2. The number of para-hydroxylation sites is 1. The maximum absolute atomic E-state index is 12.2. The largest absolute Gasteiger partial charge is 0.483 e. The van der Waals surface area contributed by atoms with Crippen LogP contribution >= 0.6 is 0 Å². The molecule has 3 aromatic rings. The summed E-state index contributed by atoms with van der Waals surface area (Å²) in [4.78, 5) is 14.4. The van der Waals surface area contributed by atoms with Gasteiger partial charge in [-0.3, -0.25) is 14.8 Å². The van der Waals surface area contributed by atoms with E-state index in [1.807, 2.05) is 30.3 Å². The highest BCUT2D eigenvalue weighted by molar-refractivity contribution is 5.78. The van der Waals surface area contributed by atoms with Gasteiger partial charge < -0.3 is 15.2 Å². The van der Waals surface area contributed by atoms with Crippen molar-refractivity contribution < 1.29 is 14.6 Å². The minimum Gasteiger partial charge on any atom is -0.483 e. The molecule has 156 valence electrons. The first-order valence-corrected chi connectivity index (χ1v) is 10.1. The molecule has 2 heterocycles. The molecule has 0 aliphatic carbocycles. The Balaban J connectivity index is 1.22. The van der Waals surface area contributed by atoms with Crippen LogP contribution in [0.2, 0.25) is 0 Å². The molecule has 30 heavy (non-hydrogen) atoms. The van der Waals surface area contributed by atoms with E-state index in [1.165, 1.54) is 11.1 Å². The van der Waals surface area contributed by atoms with Gasteiger partial charge in [-0.1, -0.05) is 36.4 Å². The zero-order chi connectivity index (χ0) is 20.8. The quantitative estimate of drug-likeness (QED) is 0.532. The van der Waals surface area contributed by atoms with E-state index in [2.05, 4.69) is 38.6 Å². The predicted molar refractivity (Wildman–Crippen MR) is 114 cm³/mol. The van der Waals surface area contributed by atoms with E-state index in [0.717, 1.165) is 30.8 Å². The Morgan fingerprint density at radius 3 is 2.80 bits per heavy atom. The van der Waals surface area contributed by atoms with Crippen LogP contribution in [0.1, 0.15) is 11.1 Å². The van der Waals surface area contributed by atoms with Gasteiger partial charge in [-0.05, 0) is 35.7 Å². The van der Waals surface area contributed by atoms with Gasteiger partial charge >= 0.3 is 0 Å². The van der Waals surface area contributed by atoms with Gasteiger partial charge in [0, 0.05) is 37.9 Å². The molecule has 1 aliphatic heterocycles. The summed E-state index contributed by atoms with van der Waals surface area (Å²) < 4.78 is 5.69. The molecule has 1 amide bonds. The third kappa shape index (κ3) is 5.06. The summed E-state index contributed by atoms with van der Waals surface area (Å²) in [5.74, 6) is 0.321. The van der Waals surface area contributed by atoms with Gasteiger partial charge in [0.1, 0.15) is 5.75 Å². The second-order valence-electron chi connectivity index (χ2n) is 7.46. The minimum absolute atomic E-state index is 0.120. The van der Waals surface area contributed by atoms with Gasteiger partial charge in [0.2, 0.25) is 0 Å². The fraction of sp³-hybridized carbons (Fsp3) is 0.304. The molecular formula is C23H26N4O3. The van der Waals surface area contributed by atoms with E-state index < -0.39 is 6.10 Å². The summed E-state index contributed by atoms with van der Waals surface area (Å²) in [5, 5.41) is 20.0. The van der Waals surface area contributed by atoms with Crippen LogP contribution in [0.3, 0.4) is 0 Å². The van der Waals surface area contributed by atoms with Crippen molar-refractivity contribution in [3.63, 3.8) is 0 Å². The summed E-state index contributed by atoms with van der Waals surface area (Å²) in [6.07, 6.45) is 2.09. The van der Waals surface area contributed by atoms with E-state index in [9.17, 15) is 9.90 Å². The summed E-state index contributed by atoms with van der Waals surface area (Å²) in [6.45, 7) is 2.34. The van der Waals surface area contributed by atoms with Crippen LogP contribution in [0.15, 0.2) is 60.8 Å². The Labute approximate surface area is 175 Å². The number of β-amino-alcohol motifs (C(OH)–C–C–N with tert-alkyl or cyclic N) is 1. The Morgan fingerprint density at radius 1 is 1.17 bits per heavy atom. The van der Waals surface area contributed by atoms with Crippen LogP contribution in [-0.2, 0) is 17.8 Å². The third-order valence-electron chi connectivity index (χ3n) is 5.24. The number of H-pyrrole nitrogens is 1. The number of nitrogens with zero attached hydrogens (tertiary/aromatic N) is 2. The summed E-state index contributed by atoms with van der Waals surface area (Å²) in [6, 6.07) is 17.7. The molecule has 0 bridgehead atoms. The summed E-state index contributed by atoms with van der Waals surface area (Å²) in [7, 11) is 0. The van der Waals surface area contributed by atoms with Crippen molar-refractivity contribution in [2.45, 2.75) is 19.1 Å². The molecule has 7 heteroatoms. The molecule has 1 aromatic heterocycles. The van der Waals surface area contributed by atoms with E-state index in [1.54, 1.807) is 12.3 Å². The van der Waals surface area contributed by atoms with E-state index in [-0.39, 0.29) is 19.1 Å². The number of hydrogen-bond acceptors (Lipinski definition) is 5. The lowest BCUT2D eigenvalue weighted by Crippen LogP contribution is -2.42. The fourth-order valence-corrected chi connectivity index (χ4v) is 3.71. The highest BCUT2D eigenvalue weighted by Crippen LogP contribution is 2.27. The Kier molecular flexibility index (Phi) is 6.41. The molecule has 0 spiro atoms. The zero-order valence-electron chi connectivity index (χ0n) is 16.8. The number of ether oxygens (including phenoxy) is 1. The lowest BCUT2D eigenvalue weighted by atomic mass is 10.00. The Morgan fingerprint density at radius 2 is 1.97 bits per heavy atom. The fourth-order valence-electron chi connectivity index (χ4n) is 3.71. The molecule has 1 aliphatic rings. The number of fused-ring (bicyclic) bond motifs is 1. The zero-order valence-corrected chi connectivity index (χ0v) is 16.8. The minimum atomic E-state index is -0.629. The molecule has 7 nitrogen and oxygen atoms in total. The molecule has 1 unspecified atom stereocenters. The number of hydrogen-bond donors (Lipinski definition) is 3. The van der Waals surface area contributed by atoms with Crippen molar-refractivity contribution in [2.24, 2.45) is 0 Å². The molecular weight excluding hydrogens is 380 g/mol. The van der Waals surface area contributed by atoms with Crippen LogP contribution in [-0.4, -0.2) is 58.5 Å².